The van der Waals surface area contributed by atoms with E-state index in [1.807, 2.05) is 20.0 Å². The van der Waals surface area contributed by atoms with Crippen LogP contribution < -0.4 is 5.73 Å². The van der Waals surface area contributed by atoms with E-state index in [9.17, 15) is 4.39 Å². The van der Waals surface area contributed by atoms with Gasteiger partial charge in [-0.1, -0.05) is 38.5 Å². The minimum absolute atomic E-state index is 0.0656. The number of nitrogens with two attached hydrogens (primary N) is 1. The molecule has 1 atom stereocenters. The van der Waals surface area contributed by atoms with Crippen molar-refractivity contribution in [1.82, 2.24) is 4.90 Å². The van der Waals surface area contributed by atoms with Crippen molar-refractivity contribution in [3.8, 4) is 0 Å². The number of hydrogen-bond donors (Lipinski definition) is 1. The van der Waals surface area contributed by atoms with Gasteiger partial charge in [0.05, 0.1) is 0 Å². The van der Waals surface area contributed by atoms with Gasteiger partial charge in [0.2, 0.25) is 0 Å². The number of likely N-dealkylation sites (N-methyl/N-ethyl adjacent to an activating group) is 1. The summed E-state index contributed by atoms with van der Waals surface area (Å²) >= 11 is 0. The fourth-order valence-electron chi connectivity index (χ4n) is 2.32. The summed E-state index contributed by atoms with van der Waals surface area (Å²) < 4.78 is 13.9. The maximum atomic E-state index is 13.9. The largest absolute Gasteiger partial charge is 0.329 e. The second-order valence-electron chi connectivity index (χ2n) is 6.25. The molecular formula is C15H25FN2. The molecule has 0 amide bonds. The summed E-state index contributed by atoms with van der Waals surface area (Å²) in [5, 5.41) is 0. The normalized spacial score (nSPS) is 14.0. The fourth-order valence-corrected chi connectivity index (χ4v) is 2.32. The van der Waals surface area contributed by atoms with Crippen LogP contribution in [0.15, 0.2) is 18.2 Å². The quantitative estimate of drug-likeness (QED) is 0.892. The summed E-state index contributed by atoms with van der Waals surface area (Å²) in [6.45, 7) is 9.78. The van der Waals surface area contributed by atoms with Gasteiger partial charge >= 0.3 is 0 Å². The van der Waals surface area contributed by atoms with E-state index >= 15 is 0 Å². The summed E-state index contributed by atoms with van der Waals surface area (Å²) in [6.07, 6.45) is 0. The molecule has 0 fully saturated rings. The van der Waals surface area contributed by atoms with Gasteiger partial charge in [-0.2, -0.15) is 0 Å². The first-order valence-corrected chi connectivity index (χ1v) is 6.41. The molecule has 1 unspecified atom stereocenters. The molecule has 0 bridgehead atoms. The molecular weight excluding hydrogens is 227 g/mol. The molecule has 0 heterocycles. The van der Waals surface area contributed by atoms with E-state index in [0.717, 1.165) is 12.1 Å². The lowest BCUT2D eigenvalue weighted by atomic mass is 9.94. The zero-order valence-electron chi connectivity index (χ0n) is 12.1. The predicted molar refractivity (Wildman–Crippen MR) is 75.0 cm³/mol. The van der Waals surface area contributed by atoms with Gasteiger partial charge in [-0.05, 0) is 25.5 Å². The summed E-state index contributed by atoms with van der Waals surface area (Å²) in [6, 6.07) is 5.14. The van der Waals surface area contributed by atoms with Crippen molar-refractivity contribution in [3.05, 3.63) is 35.1 Å². The van der Waals surface area contributed by atoms with Crippen LogP contribution in [-0.4, -0.2) is 25.0 Å². The predicted octanol–water partition coefficient (Wildman–Crippen LogP) is 3.11. The Labute approximate surface area is 110 Å². The van der Waals surface area contributed by atoms with Crippen molar-refractivity contribution < 1.29 is 4.39 Å². The van der Waals surface area contributed by atoms with Gasteiger partial charge in [0.15, 0.2) is 0 Å². The molecule has 2 nitrogen and oxygen atoms in total. The van der Waals surface area contributed by atoms with Crippen LogP contribution in [0.3, 0.4) is 0 Å². The Bertz CT molecular complexity index is 396. The Morgan fingerprint density at radius 2 is 1.94 bits per heavy atom. The molecule has 0 radical (unpaired) electrons. The SMILES string of the molecule is Cc1ccc(F)c(C(CN)N(C)CC(C)(C)C)c1. The van der Waals surface area contributed by atoms with Gasteiger partial charge in [0.1, 0.15) is 5.82 Å². The van der Waals surface area contributed by atoms with Crippen molar-refractivity contribution in [2.24, 2.45) is 11.1 Å². The second kappa shape index (κ2) is 5.81. The molecule has 1 aromatic carbocycles. The Morgan fingerprint density at radius 3 is 2.44 bits per heavy atom. The molecule has 0 spiro atoms. The number of hydrogen-bond acceptors (Lipinski definition) is 2. The standard InChI is InChI=1S/C15H25FN2/c1-11-6-7-13(16)12(8-11)14(9-17)18(5)10-15(2,3)4/h6-8,14H,9-10,17H2,1-5H3. The first-order valence-electron chi connectivity index (χ1n) is 6.41. The summed E-state index contributed by atoms with van der Waals surface area (Å²) in [7, 11) is 2.00. The van der Waals surface area contributed by atoms with Crippen LogP contribution >= 0.6 is 0 Å². The summed E-state index contributed by atoms with van der Waals surface area (Å²) in [5.74, 6) is -0.170. The van der Waals surface area contributed by atoms with Crippen LogP contribution in [0.2, 0.25) is 0 Å². The lowest BCUT2D eigenvalue weighted by molar-refractivity contribution is 0.173. The second-order valence-corrected chi connectivity index (χ2v) is 6.25. The minimum atomic E-state index is -0.170. The van der Waals surface area contributed by atoms with E-state index in [4.69, 9.17) is 5.73 Å². The van der Waals surface area contributed by atoms with Crippen LogP contribution in [0.25, 0.3) is 0 Å². The Balaban J connectivity index is 2.98. The Morgan fingerprint density at radius 1 is 1.33 bits per heavy atom. The van der Waals surface area contributed by atoms with Crippen molar-refractivity contribution in [2.75, 3.05) is 20.1 Å². The highest BCUT2D eigenvalue weighted by Crippen LogP contribution is 2.26. The van der Waals surface area contributed by atoms with Crippen LogP contribution in [0.5, 0.6) is 0 Å². The van der Waals surface area contributed by atoms with Gasteiger partial charge in [0.25, 0.3) is 0 Å². The zero-order chi connectivity index (χ0) is 13.9. The number of halogens is 1. The van der Waals surface area contributed by atoms with Crippen molar-refractivity contribution in [3.63, 3.8) is 0 Å². The third-order valence-electron chi connectivity index (χ3n) is 2.99. The average Bonchev–Trinajstić information content (AvgIpc) is 2.21. The highest BCUT2D eigenvalue weighted by atomic mass is 19.1. The monoisotopic (exact) mass is 252 g/mol. The lowest BCUT2D eigenvalue weighted by Crippen LogP contribution is -2.36. The summed E-state index contributed by atoms with van der Waals surface area (Å²) in [4.78, 5) is 2.14. The fraction of sp³-hybridized carbons (Fsp3) is 0.600. The van der Waals surface area contributed by atoms with Crippen LogP contribution in [0, 0.1) is 18.2 Å². The Hall–Kier alpha value is -0.930. The van der Waals surface area contributed by atoms with Crippen molar-refractivity contribution in [2.45, 2.75) is 33.7 Å². The molecule has 0 aromatic heterocycles. The van der Waals surface area contributed by atoms with Crippen molar-refractivity contribution in [1.29, 1.82) is 0 Å². The molecule has 102 valence electrons. The van der Waals surface area contributed by atoms with E-state index in [1.165, 1.54) is 6.07 Å². The molecule has 0 aliphatic carbocycles. The molecule has 1 rings (SSSR count). The maximum absolute atomic E-state index is 13.9. The number of aryl methyl sites for hydroxylation is 1. The maximum Gasteiger partial charge on any atom is 0.128 e. The molecule has 0 aliphatic rings. The zero-order valence-corrected chi connectivity index (χ0v) is 12.1. The van der Waals surface area contributed by atoms with E-state index in [1.54, 1.807) is 6.07 Å². The average molecular weight is 252 g/mol. The summed E-state index contributed by atoms with van der Waals surface area (Å²) in [5.41, 5.74) is 7.77. The number of nitrogens with zero attached hydrogens (tertiary/aromatic N) is 1. The first kappa shape index (κ1) is 15.1. The van der Waals surface area contributed by atoms with Gasteiger partial charge < -0.3 is 5.73 Å². The molecule has 2 N–H and O–H groups in total. The van der Waals surface area contributed by atoms with Crippen LogP contribution in [0.1, 0.15) is 37.9 Å². The number of rotatable bonds is 4. The van der Waals surface area contributed by atoms with Gasteiger partial charge in [0, 0.05) is 24.7 Å². The molecule has 3 heteroatoms. The lowest BCUT2D eigenvalue weighted by Gasteiger charge is -2.33. The van der Waals surface area contributed by atoms with E-state index in [2.05, 4.69) is 25.7 Å². The van der Waals surface area contributed by atoms with E-state index < -0.39 is 0 Å². The molecule has 0 saturated heterocycles. The molecule has 0 aliphatic heterocycles. The highest BCUT2D eigenvalue weighted by molar-refractivity contribution is 5.27. The van der Waals surface area contributed by atoms with Crippen molar-refractivity contribution >= 4 is 0 Å². The van der Waals surface area contributed by atoms with Gasteiger partial charge in [-0.25, -0.2) is 4.39 Å². The number of benzene rings is 1. The Kier molecular flexibility index (Phi) is 4.88. The van der Waals surface area contributed by atoms with Crippen LogP contribution in [0.4, 0.5) is 4.39 Å². The van der Waals surface area contributed by atoms with Crippen LogP contribution in [-0.2, 0) is 0 Å². The van der Waals surface area contributed by atoms with E-state index in [-0.39, 0.29) is 17.3 Å². The first-order chi connectivity index (χ1) is 8.24. The highest BCUT2D eigenvalue weighted by Gasteiger charge is 2.23. The topological polar surface area (TPSA) is 29.3 Å². The smallest absolute Gasteiger partial charge is 0.128 e. The molecule has 1 aromatic rings. The third-order valence-corrected chi connectivity index (χ3v) is 2.99. The molecule has 0 saturated carbocycles. The van der Waals surface area contributed by atoms with Gasteiger partial charge in [-0.15, -0.1) is 0 Å². The third kappa shape index (κ3) is 4.07. The minimum Gasteiger partial charge on any atom is -0.329 e. The van der Waals surface area contributed by atoms with Gasteiger partial charge in [-0.3, -0.25) is 4.90 Å². The van der Waals surface area contributed by atoms with E-state index in [0.29, 0.717) is 12.1 Å². The molecule has 18 heavy (non-hydrogen) atoms.